The van der Waals surface area contributed by atoms with Gasteiger partial charge in [-0.3, -0.25) is 0 Å². The summed E-state index contributed by atoms with van der Waals surface area (Å²) in [7, 11) is 0. The maximum atomic E-state index is 2.46. The molecule has 0 fully saturated rings. The molecule has 0 bridgehead atoms. The van der Waals surface area contributed by atoms with Gasteiger partial charge in [0.2, 0.25) is 0 Å². The van der Waals surface area contributed by atoms with Crippen LogP contribution in [0.1, 0.15) is 17.2 Å². The summed E-state index contributed by atoms with van der Waals surface area (Å²) in [6, 6.07) is 79.7. The summed E-state index contributed by atoms with van der Waals surface area (Å²) in [4.78, 5) is 2.42. The molecule has 0 saturated heterocycles. The number of rotatable bonds is 8. The predicted octanol–water partition coefficient (Wildman–Crippen LogP) is 16.8. The number of nitrogens with zero attached hydrogens (tertiary/aromatic N) is 2. The fraction of sp³-hybridized carbons (Fsp3) is 0.0323. The van der Waals surface area contributed by atoms with E-state index in [-0.39, 0.29) is 0 Å². The van der Waals surface area contributed by atoms with Gasteiger partial charge in [-0.25, -0.2) is 0 Å². The summed E-state index contributed by atoms with van der Waals surface area (Å²) < 4.78 is 2.46. The molecule has 1 aromatic heterocycles. The molecule has 2 aliphatic carbocycles. The highest BCUT2D eigenvalue weighted by Gasteiger charge is 2.30. The molecule has 12 rings (SSSR count). The Morgan fingerprint density at radius 1 is 0.391 bits per heavy atom. The van der Waals surface area contributed by atoms with Crippen molar-refractivity contribution in [3.63, 3.8) is 0 Å². The molecule has 0 spiro atoms. The minimum absolute atomic E-state index is 0.319. The monoisotopic (exact) mass is 816 g/mol. The van der Waals surface area contributed by atoms with Crippen LogP contribution in [0.25, 0.3) is 77.9 Å². The summed E-state index contributed by atoms with van der Waals surface area (Å²) in [5, 5.41) is 3.83. The lowest BCUT2D eigenvalue weighted by molar-refractivity contribution is 0.693. The Balaban J connectivity index is 0.974. The molecular weight excluding hydrogens is 773 g/mol. The number of para-hydroxylation sites is 2. The normalized spacial score (nSPS) is 15.0. The molecule has 2 heteroatoms. The molecule has 64 heavy (non-hydrogen) atoms. The Morgan fingerprint density at radius 3 is 1.91 bits per heavy atom. The fourth-order valence-corrected chi connectivity index (χ4v) is 10.1. The van der Waals surface area contributed by atoms with Crippen molar-refractivity contribution < 1.29 is 0 Å². The molecule has 10 aromatic rings. The van der Waals surface area contributed by atoms with Crippen LogP contribution in [0.3, 0.4) is 0 Å². The van der Waals surface area contributed by atoms with Crippen LogP contribution in [-0.2, 0) is 0 Å². The van der Waals surface area contributed by atoms with Crippen LogP contribution in [0.15, 0.2) is 249 Å². The number of anilines is 3. The van der Waals surface area contributed by atoms with E-state index in [0.29, 0.717) is 11.8 Å². The third kappa shape index (κ3) is 6.60. The summed E-state index contributed by atoms with van der Waals surface area (Å²) in [6.07, 6.45) is 13.8. The SMILES string of the molecule is C1=CC2C=Cc3c(c4ccccc4n3-c3cccc(-c4ccccc4N(c4ccc(-c5cccc(-c6cccc7ccccc67)c5)cc4)c4cccc(-c5ccccc5)c4)c3)C2C=C1. The number of hydrogen-bond acceptors (Lipinski definition) is 1. The molecule has 0 radical (unpaired) electrons. The van der Waals surface area contributed by atoms with Crippen molar-refractivity contribution >= 4 is 44.8 Å². The number of allylic oxidation sites excluding steroid dienone is 5. The van der Waals surface area contributed by atoms with E-state index in [2.05, 4.69) is 264 Å². The molecule has 2 nitrogen and oxygen atoms in total. The molecule has 2 atom stereocenters. The molecule has 1 heterocycles. The van der Waals surface area contributed by atoms with Crippen molar-refractivity contribution in [1.29, 1.82) is 0 Å². The lowest BCUT2D eigenvalue weighted by atomic mass is 9.78. The first-order chi connectivity index (χ1) is 31.7. The highest BCUT2D eigenvalue weighted by atomic mass is 15.1. The lowest BCUT2D eigenvalue weighted by Gasteiger charge is -2.29. The summed E-state index contributed by atoms with van der Waals surface area (Å²) in [5.41, 5.74) is 17.8. The molecule has 2 aliphatic rings. The first-order valence-corrected chi connectivity index (χ1v) is 22.3. The van der Waals surface area contributed by atoms with Crippen LogP contribution >= 0.6 is 0 Å². The highest BCUT2D eigenvalue weighted by molar-refractivity contribution is 5.98. The second-order valence-corrected chi connectivity index (χ2v) is 16.9. The van der Waals surface area contributed by atoms with Gasteiger partial charge in [0.15, 0.2) is 0 Å². The molecular formula is C62H44N2. The van der Waals surface area contributed by atoms with Gasteiger partial charge in [-0.15, -0.1) is 0 Å². The molecule has 9 aromatic carbocycles. The maximum Gasteiger partial charge on any atom is 0.0540 e. The Bertz CT molecular complexity index is 3450. The minimum atomic E-state index is 0.319. The number of benzene rings is 9. The van der Waals surface area contributed by atoms with Gasteiger partial charge in [0.1, 0.15) is 0 Å². The predicted molar refractivity (Wildman–Crippen MR) is 271 cm³/mol. The van der Waals surface area contributed by atoms with Gasteiger partial charge >= 0.3 is 0 Å². The van der Waals surface area contributed by atoms with Gasteiger partial charge in [-0.05, 0) is 116 Å². The fourth-order valence-electron chi connectivity index (χ4n) is 10.1. The zero-order valence-electron chi connectivity index (χ0n) is 35.3. The highest BCUT2D eigenvalue weighted by Crippen LogP contribution is 2.46. The van der Waals surface area contributed by atoms with Crippen LogP contribution in [0.4, 0.5) is 17.1 Å². The van der Waals surface area contributed by atoms with Crippen molar-refractivity contribution in [3.8, 4) is 50.2 Å². The van der Waals surface area contributed by atoms with Gasteiger partial charge in [0.05, 0.1) is 16.9 Å². The summed E-state index contributed by atoms with van der Waals surface area (Å²) >= 11 is 0. The summed E-state index contributed by atoms with van der Waals surface area (Å²) in [6.45, 7) is 0. The van der Waals surface area contributed by atoms with Gasteiger partial charge < -0.3 is 9.47 Å². The largest absolute Gasteiger partial charge is 0.310 e. The van der Waals surface area contributed by atoms with E-state index in [1.807, 2.05) is 0 Å². The maximum absolute atomic E-state index is 2.46. The Labute approximate surface area is 374 Å². The van der Waals surface area contributed by atoms with E-state index in [1.165, 1.54) is 66.3 Å². The molecule has 2 unspecified atom stereocenters. The number of aromatic nitrogens is 1. The molecule has 0 amide bonds. The van der Waals surface area contributed by atoms with Crippen molar-refractivity contribution in [2.45, 2.75) is 5.92 Å². The van der Waals surface area contributed by atoms with Crippen molar-refractivity contribution in [3.05, 3.63) is 260 Å². The van der Waals surface area contributed by atoms with Crippen LogP contribution in [0, 0.1) is 5.92 Å². The van der Waals surface area contributed by atoms with E-state index < -0.39 is 0 Å². The second kappa shape index (κ2) is 15.9. The zero-order chi connectivity index (χ0) is 42.4. The Kier molecular flexibility index (Phi) is 9.34. The average Bonchev–Trinajstić information content (AvgIpc) is 3.72. The van der Waals surface area contributed by atoms with E-state index in [1.54, 1.807) is 0 Å². The van der Waals surface area contributed by atoms with Crippen molar-refractivity contribution in [2.24, 2.45) is 5.92 Å². The van der Waals surface area contributed by atoms with Gasteiger partial charge in [-0.1, -0.05) is 194 Å². The zero-order valence-corrected chi connectivity index (χ0v) is 35.3. The van der Waals surface area contributed by atoms with Crippen molar-refractivity contribution in [2.75, 3.05) is 4.90 Å². The Hall–Kier alpha value is -8.20. The molecule has 302 valence electrons. The van der Waals surface area contributed by atoms with Crippen LogP contribution in [-0.4, -0.2) is 4.57 Å². The third-order valence-electron chi connectivity index (χ3n) is 13.1. The number of hydrogen-bond donors (Lipinski definition) is 0. The number of fused-ring (bicyclic) bond motifs is 6. The third-order valence-corrected chi connectivity index (χ3v) is 13.1. The minimum Gasteiger partial charge on any atom is -0.310 e. The smallest absolute Gasteiger partial charge is 0.0540 e. The van der Waals surface area contributed by atoms with E-state index in [9.17, 15) is 0 Å². The van der Waals surface area contributed by atoms with Crippen LogP contribution in [0.2, 0.25) is 0 Å². The van der Waals surface area contributed by atoms with E-state index in [0.717, 1.165) is 33.9 Å². The molecule has 0 saturated carbocycles. The van der Waals surface area contributed by atoms with E-state index in [4.69, 9.17) is 0 Å². The Morgan fingerprint density at radius 2 is 1.02 bits per heavy atom. The second-order valence-electron chi connectivity index (χ2n) is 16.9. The van der Waals surface area contributed by atoms with Gasteiger partial charge in [-0.2, -0.15) is 0 Å². The topological polar surface area (TPSA) is 8.17 Å². The van der Waals surface area contributed by atoms with Gasteiger partial charge in [0, 0.05) is 39.8 Å². The molecule has 0 aliphatic heterocycles. The standard InChI is InChI=1S/C62H44N2/c1-2-16-43(17-3-1)48-22-13-25-52(41-48)63(51-37-34-44(35-38-51)47-21-12-23-49(40-47)55-31-15-20-45-18-4-6-27-54(45)55)59-32-10-8-28-56(59)50-24-14-26-53(42-50)64-60-33-11-9-30-58(60)62-57-29-7-5-19-46(57)36-39-61(62)64/h1-42,46,57H. The average molecular weight is 817 g/mol. The summed E-state index contributed by atoms with van der Waals surface area (Å²) in [5.74, 6) is 0.690. The first-order valence-electron chi connectivity index (χ1n) is 22.3. The van der Waals surface area contributed by atoms with Crippen LogP contribution < -0.4 is 4.90 Å². The molecule has 0 N–H and O–H groups in total. The van der Waals surface area contributed by atoms with Gasteiger partial charge in [0.25, 0.3) is 0 Å². The first kappa shape index (κ1) is 37.6. The lowest BCUT2D eigenvalue weighted by Crippen LogP contribution is -2.14. The van der Waals surface area contributed by atoms with Crippen LogP contribution in [0.5, 0.6) is 0 Å². The quantitative estimate of drug-likeness (QED) is 0.148. The van der Waals surface area contributed by atoms with E-state index >= 15 is 0 Å². The van der Waals surface area contributed by atoms with Crippen molar-refractivity contribution in [1.82, 2.24) is 4.57 Å².